The topological polar surface area (TPSA) is 43.8 Å². The fourth-order valence-corrected chi connectivity index (χ4v) is 4.10. The van der Waals surface area contributed by atoms with E-state index in [1.807, 2.05) is 12.1 Å². The SMILES string of the molecule is C=C(N)c1ccc2c(c1)nc(C)n2CC1=CC=CCC1(C)CC.CCc1ccc(C)cc1. The van der Waals surface area contributed by atoms with Crippen LogP contribution in [0.15, 0.2) is 72.8 Å². The first-order valence-corrected chi connectivity index (χ1v) is 11.6. The van der Waals surface area contributed by atoms with Crippen LogP contribution in [0.2, 0.25) is 0 Å². The summed E-state index contributed by atoms with van der Waals surface area (Å²) in [4.78, 5) is 4.72. The van der Waals surface area contributed by atoms with Gasteiger partial charge < -0.3 is 10.3 Å². The molecule has 0 spiro atoms. The number of hydrogen-bond acceptors (Lipinski definition) is 2. The van der Waals surface area contributed by atoms with Crippen molar-refractivity contribution in [1.29, 1.82) is 0 Å². The van der Waals surface area contributed by atoms with E-state index < -0.39 is 0 Å². The molecule has 1 unspecified atom stereocenters. The highest BCUT2D eigenvalue weighted by molar-refractivity contribution is 5.80. The predicted octanol–water partition coefficient (Wildman–Crippen LogP) is 7.13. The third-order valence-corrected chi connectivity index (χ3v) is 6.72. The maximum atomic E-state index is 5.81. The first-order chi connectivity index (χ1) is 15.3. The molecular formula is C29H37N3. The minimum atomic E-state index is 0.239. The number of rotatable bonds is 5. The third kappa shape index (κ3) is 5.21. The van der Waals surface area contributed by atoms with Crippen molar-refractivity contribution < 1.29 is 0 Å². The molecule has 1 aromatic heterocycles. The first-order valence-electron chi connectivity index (χ1n) is 11.6. The van der Waals surface area contributed by atoms with Gasteiger partial charge in [-0.05, 0) is 67.4 Å². The van der Waals surface area contributed by atoms with E-state index in [1.54, 1.807) is 0 Å². The Bertz CT molecular complexity index is 1150. The van der Waals surface area contributed by atoms with E-state index in [1.165, 1.54) is 16.7 Å². The fraction of sp³-hybridized carbons (Fsp3) is 0.345. The Morgan fingerprint density at radius 1 is 1.12 bits per heavy atom. The number of nitrogens with zero attached hydrogens (tertiary/aromatic N) is 2. The lowest BCUT2D eigenvalue weighted by atomic mass is 9.74. The summed E-state index contributed by atoms with van der Waals surface area (Å²) in [6, 6.07) is 14.8. The van der Waals surface area contributed by atoms with Crippen LogP contribution in [0.4, 0.5) is 0 Å². The van der Waals surface area contributed by atoms with Crippen molar-refractivity contribution in [3.05, 3.63) is 95.4 Å². The average Bonchev–Trinajstić information content (AvgIpc) is 3.10. The second-order valence-corrected chi connectivity index (χ2v) is 9.05. The quantitative estimate of drug-likeness (QED) is 0.470. The van der Waals surface area contributed by atoms with Crippen molar-refractivity contribution in [2.45, 2.75) is 60.4 Å². The van der Waals surface area contributed by atoms with Crippen LogP contribution in [0.3, 0.4) is 0 Å². The van der Waals surface area contributed by atoms with Gasteiger partial charge in [0.05, 0.1) is 11.0 Å². The Labute approximate surface area is 193 Å². The van der Waals surface area contributed by atoms with Crippen LogP contribution in [0.5, 0.6) is 0 Å². The Morgan fingerprint density at radius 2 is 1.84 bits per heavy atom. The van der Waals surface area contributed by atoms with Gasteiger partial charge in [0.25, 0.3) is 0 Å². The zero-order chi connectivity index (χ0) is 23.3. The summed E-state index contributed by atoms with van der Waals surface area (Å²) in [6.45, 7) is 15.7. The van der Waals surface area contributed by atoms with E-state index in [2.05, 4.69) is 94.3 Å². The van der Waals surface area contributed by atoms with Gasteiger partial charge in [-0.3, -0.25) is 0 Å². The molecule has 3 heteroatoms. The maximum Gasteiger partial charge on any atom is 0.107 e. The van der Waals surface area contributed by atoms with Crippen LogP contribution < -0.4 is 5.73 Å². The normalized spacial score (nSPS) is 17.6. The highest BCUT2D eigenvalue weighted by Crippen LogP contribution is 2.39. The molecular weight excluding hydrogens is 390 g/mol. The molecule has 1 atom stereocenters. The minimum Gasteiger partial charge on any atom is -0.399 e. The molecule has 4 rings (SSSR count). The van der Waals surface area contributed by atoms with Crippen molar-refractivity contribution in [1.82, 2.24) is 9.55 Å². The zero-order valence-corrected chi connectivity index (χ0v) is 20.3. The van der Waals surface area contributed by atoms with Gasteiger partial charge in [-0.1, -0.05) is 81.5 Å². The molecule has 0 amide bonds. The van der Waals surface area contributed by atoms with Gasteiger partial charge in [0, 0.05) is 12.2 Å². The molecule has 2 aromatic carbocycles. The van der Waals surface area contributed by atoms with E-state index in [0.29, 0.717) is 5.70 Å². The lowest BCUT2D eigenvalue weighted by Crippen LogP contribution is -2.23. The van der Waals surface area contributed by atoms with Crippen LogP contribution in [0.25, 0.3) is 16.7 Å². The van der Waals surface area contributed by atoms with E-state index in [4.69, 9.17) is 10.7 Å². The van der Waals surface area contributed by atoms with Gasteiger partial charge >= 0.3 is 0 Å². The summed E-state index contributed by atoms with van der Waals surface area (Å²) >= 11 is 0. The molecule has 0 bridgehead atoms. The van der Waals surface area contributed by atoms with Crippen LogP contribution >= 0.6 is 0 Å². The molecule has 1 aliphatic rings. The molecule has 0 radical (unpaired) electrons. The third-order valence-electron chi connectivity index (χ3n) is 6.72. The summed E-state index contributed by atoms with van der Waals surface area (Å²) in [7, 11) is 0. The van der Waals surface area contributed by atoms with Crippen LogP contribution in [-0.4, -0.2) is 9.55 Å². The largest absolute Gasteiger partial charge is 0.399 e. The fourth-order valence-electron chi connectivity index (χ4n) is 4.10. The average molecular weight is 428 g/mol. The lowest BCUT2D eigenvalue weighted by molar-refractivity contribution is 0.363. The molecule has 0 saturated carbocycles. The molecule has 3 aromatic rings. The highest BCUT2D eigenvalue weighted by Gasteiger charge is 2.28. The summed E-state index contributed by atoms with van der Waals surface area (Å²) in [5, 5.41) is 0. The van der Waals surface area contributed by atoms with Gasteiger partial charge in [0.15, 0.2) is 0 Å². The van der Waals surface area contributed by atoms with Gasteiger partial charge in [0.1, 0.15) is 5.82 Å². The Kier molecular flexibility index (Phi) is 7.40. The van der Waals surface area contributed by atoms with E-state index in [-0.39, 0.29) is 5.41 Å². The van der Waals surface area contributed by atoms with Crippen molar-refractivity contribution in [2.75, 3.05) is 0 Å². The van der Waals surface area contributed by atoms with Crippen LogP contribution in [0, 0.1) is 19.3 Å². The van der Waals surface area contributed by atoms with Crippen molar-refractivity contribution in [3.63, 3.8) is 0 Å². The number of fused-ring (bicyclic) bond motifs is 1. The number of aromatic nitrogens is 2. The van der Waals surface area contributed by atoms with Crippen LogP contribution in [-0.2, 0) is 13.0 Å². The summed E-state index contributed by atoms with van der Waals surface area (Å²) in [5.74, 6) is 1.04. The lowest BCUT2D eigenvalue weighted by Gasteiger charge is -2.33. The Hall–Kier alpha value is -3.07. The molecule has 3 nitrogen and oxygen atoms in total. The van der Waals surface area contributed by atoms with Crippen LogP contribution in [0.1, 0.15) is 56.1 Å². The van der Waals surface area contributed by atoms with E-state index in [9.17, 15) is 0 Å². The Morgan fingerprint density at radius 3 is 2.47 bits per heavy atom. The summed E-state index contributed by atoms with van der Waals surface area (Å²) in [6.07, 6.45) is 10.1. The van der Waals surface area contributed by atoms with E-state index >= 15 is 0 Å². The smallest absolute Gasteiger partial charge is 0.107 e. The van der Waals surface area contributed by atoms with Gasteiger partial charge in [-0.2, -0.15) is 0 Å². The number of hydrogen-bond donors (Lipinski definition) is 1. The minimum absolute atomic E-state index is 0.239. The standard InChI is InChI=1S/C20H25N3.C9H12/c1-5-20(4)11-7-6-8-17(20)13-23-15(3)22-18-12-16(14(2)21)9-10-19(18)23;1-3-9-6-4-8(2)5-7-9/h6-10,12H,2,5,11,13,21H2,1,3-4H3;4-7H,3H2,1-2H3. The highest BCUT2D eigenvalue weighted by atomic mass is 15.1. The van der Waals surface area contributed by atoms with Crippen molar-refractivity contribution in [3.8, 4) is 0 Å². The number of benzene rings is 2. The van der Waals surface area contributed by atoms with Gasteiger partial charge in [-0.15, -0.1) is 0 Å². The molecule has 0 fully saturated rings. The van der Waals surface area contributed by atoms with Crippen molar-refractivity contribution >= 4 is 16.7 Å². The predicted molar refractivity (Wildman–Crippen MR) is 138 cm³/mol. The number of imidazole rings is 1. The number of allylic oxidation sites excluding steroid dienone is 4. The summed E-state index contributed by atoms with van der Waals surface area (Å²) in [5.41, 5.74) is 13.9. The monoisotopic (exact) mass is 427 g/mol. The molecule has 1 aliphatic carbocycles. The number of nitrogens with two attached hydrogens (primary N) is 1. The molecule has 32 heavy (non-hydrogen) atoms. The Balaban J connectivity index is 0.000000269. The first kappa shape index (κ1) is 23.6. The summed E-state index contributed by atoms with van der Waals surface area (Å²) < 4.78 is 2.30. The van der Waals surface area contributed by atoms with Crippen molar-refractivity contribution in [2.24, 2.45) is 11.1 Å². The molecule has 2 N–H and O–H groups in total. The molecule has 1 heterocycles. The molecule has 168 valence electrons. The van der Waals surface area contributed by atoms with E-state index in [0.717, 1.165) is 48.2 Å². The second-order valence-electron chi connectivity index (χ2n) is 9.05. The van der Waals surface area contributed by atoms with Gasteiger partial charge in [0.2, 0.25) is 0 Å². The zero-order valence-electron chi connectivity index (χ0n) is 20.3. The molecule has 0 aliphatic heterocycles. The van der Waals surface area contributed by atoms with Gasteiger partial charge in [-0.25, -0.2) is 4.98 Å². The second kappa shape index (κ2) is 10.0. The number of aryl methyl sites for hydroxylation is 3. The molecule has 0 saturated heterocycles. The maximum absolute atomic E-state index is 5.81.